The fourth-order valence-corrected chi connectivity index (χ4v) is 6.53. The summed E-state index contributed by atoms with van der Waals surface area (Å²) in [5.41, 5.74) is 2.42. The van der Waals surface area contributed by atoms with Crippen LogP contribution in [0.5, 0.6) is 5.75 Å². The molecule has 0 radical (unpaired) electrons. The number of hydrogen-bond donors (Lipinski definition) is 0. The second kappa shape index (κ2) is 11.5. The molecule has 0 N–H and O–H groups in total. The average Bonchev–Trinajstić information content (AvgIpc) is 2.69. The van der Waals surface area contributed by atoms with Crippen LogP contribution in [0.3, 0.4) is 0 Å². The van der Waals surface area contributed by atoms with E-state index >= 15 is 0 Å². The van der Waals surface area contributed by atoms with E-state index in [-0.39, 0.29) is 0 Å². The van der Waals surface area contributed by atoms with E-state index in [2.05, 4.69) is 39.0 Å². The molecular weight excluding hydrogens is 384 g/mol. The molecule has 0 saturated heterocycles. The SMILES string of the molecule is CCCC(C)C1(C)OCc2cc(CCC[Si](OCC)(OCC)OCC)ccc2O1. The van der Waals surface area contributed by atoms with Crippen molar-refractivity contribution in [3.05, 3.63) is 29.3 Å². The van der Waals surface area contributed by atoms with Crippen molar-refractivity contribution in [1.82, 2.24) is 0 Å². The molecule has 0 amide bonds. The van der Waals surface area contributed by atoms with Crippen LogP contribution in [-0.2, 0) is 31.0 Å². The third-order valence-electron chi connectivity index (χ3n) is 5.61. The number of aryl methyl sites for hydroxylation is 1. The fourth-order valence-electron chi connectivity index (χ4n) is 3.92. The average molecular weight is 425 g/mol. The summed E-state index contributed by atoms with van der Waals surface area (Å²) in [5, 5.41) is 0. The molecule has 0 fully saturated rings. The lowest BCUT2D eigenvalue weighted by Gasteiger charge is -2.40. The van der Waals surface area contributed by atoms with Gasteiger partial charge in [-0.2, -0.15) is 0 Å². The molecule has 6 heteroatoms. The van der Waals surface area contributed by atoms with Crippen molar-refractivity contribution in [3.63, 3.8) is 0 Å². The van der Waals surface area contributed by atoms with E-state index in [4.69, 9.17) is 22.8 Å². The topological polar surface area (TPSA) is 46.2 Å². The predicted octanol–water partition coefficient (Wildman–Crippen LogP) is 5.73. The Morgan fingerprint density at radius 1 is 1.07 bits per heavy atom. The molecule has 2 rings (SSSR count). The molecule has 2 atom stereocenters. The Hall–Kier alpha value is -0.923. The van der Waals surface area contributed by atoms with Crippen LogP contribution in [0.2, 0.25) is 6.04 Å². The summed E-state index contributed by atoms with van der Waals surface area (Å²) in [5.74, 6) is 0.767. The van der Waals surface area contributed by atoms with Gasteiger partial charge in [-0.15, -0.1) is 0 Å². The lowest BCUT2D eigenvalue weighted by molar-refractivity contribution is -0.223. The Morgan fingerprint density at radius 2 is 1.72 bits per heavy atom. The van der Waals surface area contributed by atoms with E-state index in [1.54, 1.807) is 0 Å². The Balaban J connectivity index is 1.99. The van der Waals surface area contributed by atoms with Crippen LogP contribution in [0.15, 0.2) is 18.2 Å². The van der Waals surface area contributed by atoms with Crippen LogP contribution in [-0.4, -0.2) is 34.4 Å². The molecule has 1 aromatic rings. The predicted molar refractivity (Wildman–Crippen MR) is 118 cm³/mol. The zero-order chi connectivity index (χ0) is 21.3. The molecule has 0 aromatic heterocycles. The number of ether oxygens (including phenoxy) is 2. The maximum Gasteiger partial charge on any atom is 0.500 e. The molecule has 1 aliphatic heterocycles. The molecule has 1 heterocycles. The largest absolute Gasteiger partial charge is 0.500 e. The van der Waals surface area contributed by atoms with Gasteiger partial charge in [-0.1, -0.05) is 26.3 Å². The molecule has 5 nitrogen and oxygen atoms in total. The highest BCUT2D eigenvalue weighted by atomic mass is 28.4. The molecule has 29 heavy (non-hydrogen) atoms. The maximum absolute atomic E-state index is 6.27. The summed E-state index contributed by atoms with van der Waals surface area (Å²) >= 11 is 0. The highest BCUT2D eigenvalue weighted by Crippen LogP contribution is 2.37. The van der Waals surface area contributed by atoms with Gasteiger partial charge in [-0.3, -0.25) is 0 Å². The van der Waals surface area contributed by atoms with Crippen LogP contribution in [0.4, 0.5) is 0 Å². The van der Waals surface area contributed by atoms with Crippen molar-refractivity contribution in [2.45, 2.75) is 85.7 Å². The number of benzene rings is 1. The van der Waals surface area contributed by atoms with Crippen LogP contribution in [0.1, 0.15) is 71.9 Å². The second-order valence-corrected chi connectivity index (χ2v) is 10.6. The smallest absolute Gasteiger partial charge is 0.462 e. The van der Waals surface area contributed by atoms with Crippen molar-refractivity contribution >= 4 is 8.80 Å². The minimum Gasteiger partial charge on any atom is -0.462 e. The zero-order valence-electron chi connectivity index (χ0n) is 19.2. The lowest BCUT2D eigenvalue weighted by Crippen LogP contribution is -2.46. The lowest BCUT2D eigenvalue weighted by atomic mass is 9.95. The van der Waals surface area contributed by atoms with Crippen molar-refractivity contribution in [1.29, 1.82) is 0 Å². The van der Waals surface area contributed by atoms with E-state index < -0.39 is 14.6 Å². The van der Waals surface area contributed by atoms with Gasteiger partial charge >= 0.3 is 8.80 Å². The van der Waals surface area contributed by atoms with Gasteiger partial charge in [-0.25, -0.2) is 0 Å². The molecule has 0 aliphatic carbocycles. The first-order valence-electron chi connectivity index (χ1n) is 11.3. The molecule has 2 unspecified atom stereocenters. The minimum atomic E-state index is -2.57. The quantitative estimate of drug-likeness (QED) is 0.378. The third-order valence-corrected chi connectivity index (χ3v) is 8.76. The molecule has 1 aromatic carbocycles. The Morgan fingerprint density at radius 3 is 2.31 bits per heavy atom. The number of rotatable bonds is 13. The summed E-state index contributed by atoms with van der Waals surface area (Å²) in [7, 11) is -2.57. The van der Waals surface area contributed by atoms with Gasteiger partial charge in [0.15, 0.2) is 0 Å². The molecule has 166 valence electrons. The Kier molecular flexibility index (Phi) is 9.62. The van der Waals surface area contributed by atoms with Crippen LogP contribution in [0.25, 0.3) is 0 Å². The fraction of sp³-hybridized carbons (Fsp3) is 0.739. The van der Waals surface area contributed by atoms with E-state index in [1.165, 1.54) is 5.56 Å². The zero-order valence-corrected chi connectivity index (χ0v) is 20.2. The first-order chi connectivity index (χ1) is 13.9. The Labute approximate surface area is 178 Å². The van der Waals surface area contributed by atoms with Gasteiger partial charge in [0.2, 0.25) is 5.79 Å². The molecule has 0 bridgehead atoms. The molecule has 0 saturated carbocycles. The highest BCUT2D eigenvalue weighted by molar-refractivity contribution is 6.60. The van der Waals surface area contributed by atoms with Gasteiger partial charge in [-0.05, 0) is 57.7 Å². The van der Waals surface area contributed by atoms with E-state index in [0.29, 0.717) is 32.3 Å². The third kappa shape index (κ3) is 6.53. The molecular formula is C23H40O5Si. The van der Waals surface area contributed by atoms with Crippen LogP contribution in [0, 0.1) is 5.92 Å². The minimum absolute atomic E-state index is 0.356. The summed E-state index contributed by atoms with van der Waals surface area (Å²) in [6, 6.07) is 7.31. The van der Waals surface area contributed by atoms with Gasteiger partial charge in [0.05, 0.1) is 6.61 Å². The van der Waals surface area contributed by atoms with E-state index in [9.17, 15) is 0 Å². The summed E-state index contributed by atoms with van der Waals surface area (Å²) in [4.78, 5) is 0. The summed E-state index contributed by atoms with van der Waals surface area (Å²) < 4.78 is 30.3. The van der Waals surface area contributed by atoms with Crippen molar-refractivity contribution < 1.29 is 22.8 Å². The second-order valence-electron chi connectivity index (χ2n) is 7.87. The van der Waals surface area contributed by atoms with Crippen LogP contribution >= 0.6 is 0 Å². The van der Waals surface area contributed by atoms with Crippen molar-refractivity contribution in [2.24, 2.45) is 5.92 Å². The molecule has 1 aliphatic rings. The van der Waals surface area contributed by atoms with Gasteiger partial charge in [0, 0.05) is 44.3 Å². The van der Waals surface area contributed by atoms with Crippen LogP contribution < -0.4 is 4.74 Å². The highest BCUT2D eigenvalue weighted by Gasteiger charge is 2.40. The normalized spacial score (nSPS) is 20.2. The first-order valence-corrected chi connectivity index (χ1v) is 13.2. The van der Waals surface area contributed by atoms with Gasteiger partial charge < -0.3 is 22.8 Å². The summed E-state index contributed by atoms with van der Waals surface area (Å²) in [6.07, 6.45) is 4.15. The summed E-state index contributed by atoms with van der Waals surface area (Å²) in [6.45, 7) is 14.9. The monoisotopic (exact) mass is 424 g/mol. The maximum atomic E-state index is 6.27. The van der Waals surface area contributed by atoms with Gasteiger partial charge in [0.25, 0.3) is 0 Å². The first kappa shape index (κ1) is 24.3. The van der Waals surface area contributed by atoms with Gasteiger partial charge in [0.1, 0.15) is 5.75 Å². The standard InChI is InChI=1S/C23H40O5Si/c1-7-12-19(5)23(6)24-18-21-17-20(14-15-22(21)28-23)13-11-16-29(25-8-2,26-9-3)27-10-4/h14-15,17,19H,7-13,16,18H2,1-6H3. The van der Waals surface area contributed by atoms with Crippen molar-refractivity contribution in [3.8, 4) is 5.75 Å². The molecule has 0 spiro atoms. The Bertz CT molecular complexity index is 606. The number of fused-ring (bicyclic) bond motifs is 1. The van der Waals surface area contributed by atoms with E-state index in [1.807, 2.05) is 20.8 Å². The number of hydrogen-bond acceptors (Lipinski definition) is 5. The van der Waals surface area contributed by atoms with Crippen molar-refractivity contribution in [2.75, 3.05) is 19.8 Å². The van der Waals surface area contributed by atoms with E-state index in [0.717, 1.165) is 43.0 Å².